The summed E-state index contributed by atoms with van der Waals surface area (Å²) in [6.07, 6.45) is 1.89. The summed E-state index contributed by atoms with van der Waals surface area (Å²) in [4.78, 5) is 82.6. The number of carbonyl (C=O) groups is 3. The zero-order chi connectivity index (χ0) is 34.5. The van der Waals surface area contributed by atoms with E-state index in [9.17, 15) is 48.8 Å². The molecule has 0 aliphatic carbocycles. The van der Waals surface area contributed by atoms with Crippen molar-refractivity contribution in [2.75, 3.05) is 84.4 Å². The number of nitrogens with zero attached hydrogens (tertiary/aromatic N) is 6. The van der Waals surface area contributed by atoms with E-state index >= 15 is 0 Å². The van der Waals surface area contributed by atoms with Crippen molar-refractivity contribution in [2.24, 2.45) is 0 Å². The number of carboxylic acid groups (broad SMARTS) is 3. The molecule has 8 N–H and O–H groups in total. The third kappa shape index (κ3) is 16.7. The molecule has 1 aromatic heterocycles. The van der Waals surface area contributed by atoms with Gasteiger partial charge in [-0.25, -0.2) is 9.51 Å². The molecule has 3 atom stereocenters. The fraction of sp³-hybridized carbons (Fsp3) is 0.727. The van der Waals surface area contributed by atoms with Gasteiger partial charge >= 0.3 is 40.7 Å². The fourth-order valence-corrected chi connectivity index (χ4v) is 6.99. The molecule has 1 aliphatic heterocycles. The standard InChI is InChI=1S/C22H39N6O15P3/c29-19(30)12-24-2-4-25(13-20(31)32)6-8-27(9-7-26(5-3-24)14-21(33)34)17-46(40,41)10-1-18-11-28(16-23-18)15-22(35,42-44(36)37)43-45(38)39/h11,16,35-37H,1-10,12-15,17H2,(H4-,29,30,31,32,33,34,38,39,40,41)/p+1. The van der Waals surface area contributed by atoms with E-state index in [0.717, 1.165) is 10.9 Å². The van der Waals surface area contributed by atoms with E-state index in [2.05, 4.69) is 14.0 Å². The molecule has 21 nitrogen and oxygen atoms in total. The van der Waals surface area contributed by atoms with Crippen molar-refractivity contribution in [3.05, 3.63) is 18.2 Å². The first-order chi connectivity index (χ1) is 21.4. The number of hydrogen-bond acceptors (Lipinski definition) is 15. The van der Waals surface area contributed by atoms with Crippen molar-refractivity contribution < 1.29 is 72.6 Å². The fourth-order valence-electron chi connectivity index (χ4n) is 4.62. The summed E-state index contributed by atoms with van der Waals surface area (Å²) in [5.41, 5.74) is 0.278. The molecule has 0 bridgehead atoms. The molecule has 2 heterocycles. The molecule has 2 rings (SSSR count). The smallest absolute Gasteiger partial charge is 0.480 e. The molecule has 1 aromatic rings. The minimum absolute atomic E-state index is 0.0224. The number of aromatic nitrogens is 2. The van der Waals surface area contributed by atoms with Crippen LogP contribution < -0.4 is 0 Å². The molecule has 1 aliphatic rings. The Labute approximate surface area is 265 Å². The SMILES string of the molecule is O=C(O)CN1CCN(CC(=O)O)CCN(CP(=O)(O)CCc2cn(CC(O)(OP(O)O)O[P+](=O)O)cn2)CCN(CC(=O)O)CC1. The molecule has 0 spiro atoms. The molecule has 46 heavy (non-hydrogen) atoms. The summed E-state index contributed by atoms with van der Waals surface area (Å²) in [6.45, 7) is -0.198. The van der Waals surface area contributed by atoms with E-state index in [1.807, 2.05) is 0 Å². The molecule has 262 valence electrons. The van der Waals surface area contributed by atoms with Gasteiger partial charge in [-0.05, 0) is 4.52 Å². The average molecular weight is 722 g/mol. The van der Waals surface area contributed by atoms with E-state index in [4.69, 9.17) is 14.7 Å². The summed E-state index contributed by atoms with van der Waals surface area (Å²) in [5.74, 6) is -6.16. The largest absolute Gasteiger partial charge is 0.700 e. The minimum Gasteiger partial charge on any atom is -0.480 e. The number of aliphatic hydroxyl groups is 1. The summed E-state index contributed by atoms with van der Waals surface area (Å²) in [6, 6.07) is 0. The van der Waals surface area contributed by atoms with Crippen molar-refractivity contribution >= 4 is 42.1 Å². The van der Waals surface area contributed by atoms with Crippen LogP contribution in [0, 0.1) is 0 Å². The van der Waals surface area contributed by atoms with Crippen LogP contribution >= 0.6 is 24.2 Å². The van der Waals surface area contributed by atoms with Crippen LogP contribution in [0.5, 0.6) is 0 Å². The van der Waals surface area contributed by atoms with Gasteiger partial charge in [-0.1, -0.05) is 0 Å². The molecule has 0 amide bonds. The Morgan fingerprint density at radius 3 is 1.72 bits per heavy atom. The summed E-state index contributed by atoms with van der Waals surface area (Å²) < 4.78 is 34.2. The van der Waals surface area contributed by atoms with Crippen molar-refractivity contribution in [3.8, 4) is 0 Å². The number of aryl methyl sites for hydroxylation is 1. The Balaban J connectivity index is 2.12. The Hall–Kier alpha value is -2.06. The molecule has 24 heteroatoms. The summed E-state index contributed by atoms with van der Waals surface area (Å²) in [7, 11) is -10.5. The van der Waals surface area contributed by atoms with Gasteiger partial charge < -0.3 is 39.7 Å². The molecule has 0 radical (unpaired) electrons. The lowest BCUT2D eigenvalue weighted by molar-refractivity contribution is -0.283. The predicted octanol–water partition coefficient (Wildman–Crippen LogP) is -2.33. The number of hydrogen-bond donors (Lipinski definition) is 8. The lowest BCUT2D eigenvalue weighted by atomic mass is 10.3. The van der Waals surface area contributed by atoms with E-state index in [-0.39, 0.29) is 96.6 Å². The van der Waals surface area contributed by atoms with Crippen molar-refractivity contribution in [1.29, 1.82) is 0 Å². The van der Waals surface area contributed by atoms with Crippen molar-refractivity contribution in [1.82, 2.24) is 29.2 Å². The van der Waals surface area contributed by atoms with Crippen LogP contribution in [0.1, 0.15) is 5.69 Å². The Kier molecular flexibility index (Phi) is 16.6. The van der Waals surface area contributed by atoms with Crippen LogP contribution in [0.25, 0.3) is 0 Å². The molecule has 3 unspecified atom stereocenters. The summed E-state index contributed by atoms with van der Waals surface area (Å²) in [5, 5.41) is 38.2. The van der Waals surface area contributed by atoms with Crippen molar-refractivity contribution in [3.63, 3.8) is 0 Å². The van der Waals surface area contributed by atoms with E-state index in [1.54, 1.807) is 19.6 Å². The molecule has 0 saturated carbocycles. The molecule has 0 aromatic carbocycles. The molecule has 1 saturated heterocycles. The maximum atomic E-state index is 13.3. The van der Waals surface area contributed by atoms with Gasteiger partial charge in [-0.2, -0.15) is 0 Å². The normalized spacial score (nSPS) is 19.9. The first kappa shape index (κ1) is 40.1. The maximum Gasteiger partial charge on any atom is 0.700 e. The second kappa shape index (κ2) is 19.1. The monoisotopic (exact) mass is 721 g/mol. The van der Waals surface area contributed by atoms with Gasteiger partial charge in [-0.3, -0.25) is 38.5 Å². The summed E-state index contributed by atoms with van der Waals surface area (Å²) >= 11 is 0. The number of carboxylic acids is 3. The zero-order valence-corrected chi connectivity index (χ0v) is 27.4. The third-order valence-electron chi connectivity index (χ3n) is 6.66. The highest BCUT2D eigenvalue weighted by Gasteiger charge is 2.43. The Morgan fingerprint density at radius 2 is 1.33 bits per heavy atom. The van der Waals surface area contributed by atoms with Gasteiger partial charge in [0.2, 0.25) is 7.37 Å². The highest BCUT2D eigenvalue weighted by molar-refractivity contribution is 7.57. The number of rotatable bonds is 17. The van der Waals surface area contributed by atoms with Gasteiger partial charge in [0, 0.05) is 75.7 Å². The van der Waals surface area contributed by atoms with Crippen LogP contribution in [0.4, 0.5) is 0 Å². The second-order valence-electron chi connectivity index (χ2n) is 10.5. The second-order valence-corrected chi connectivity index (χ2v) is 14.3. The van der Waals surface area contributed by atoms with E-state index < -0.39 is 54.7 Å². The van der Waals surface area contributed by atoms with Crippen LogP contribution in [0.15, 0.2) is 12.5 Å². The van der Waals surface area contributed by atoms with Gasteiger partial charge in [0.05, 0.1) is 37.9 Å². The Morgan fingerprint density at radius 1 is 0.891 bits per heavy atom. The van der Waals surface area contributed by atoms with Gasteiger partial charge in [0.15, 0.2) is 0 Å². The molecule has 1 fully saturated rings. The Bertz CT molecular complexity index is 1190. The van der Waals surface area contributed by atoms with E-state index in [0.29, 0.717) is 0 Å². The first-order valence-electron chi connectivity index (χ1n) is 13.7. The topological polar surface area (TPSA) is 296 Å². The van der Waals surface area contributed by atoms with E-state index in [1.165, 1.54) is 6.20 Å². The maximum absolute atomic E-state index is 13.3. The molecular formula is C22H40N6O15P3+. The van der Waals surface area contributed by atoms with Crippen LogP contribution in [-0.2, 0) is 45.5 Å². The lowest BCUT2D eigenvalue weighted by Crippen LogP contribution is -2.48. The highest BCUT2D eigenvalue weighted by Crippen LogP contribution is 2.42. The number of imidazole rings is 1. The predicted molar refractivity (Wildman–Crippen MR) is 158 cm³/mol. The molecular weight excluding hydrogens is 681 g/mol. The quantitative estimate of drug-likeness (QED) is 0.0618. The zero-order valence-electron chi connectivity index (χ0n) is 24.7. The first-order valence-corrected chi connectivity index (χ1v) is 18.1. The van der Waals surface area contributed by atoms with Crippen LogP contribution in [0.2, 0.25) is 0 Å². The number of aliphatic carboxylic acids is 3. The minimum atomic E-state index is -3.89. The van der Waals surface area contributed by atoms with Gasteiger partial charge in [0.1, 0.15) is 6.54 Å². The average Bonchev–Trinajstić information content (AvgIpc) is 3.33. The van der Waals surface area contributed by atoms with Crippen LogP contribution in [-0.4, -0.2) is 177 Å². The van der Waals surface area contributed by atoms with Crippen LogP contribution in [0.3, 0.4) is 0 Å². The highest BCUT2D eigenvalue weighted by atomic mass is 31.2. The van der Waals surface area contributed by atoms with Gasteiger partial charge in [-0.15, -0.1) is 4.89 Å². The van der Waals surface area contributed by atoms with Gasteiger partial charge in [0.25, 0.3) is 0 Å². The third-order valence-corrected chi connectivity index (χ3v) is 9.31. The lowest BCUT2D eigenvalue weighted by Gasteiger charge is -2.33. The van der Waals surface area contributed by atoms with Crippen molar-refractivity contribution in [2.45, 2.75) is 18.9 Å².